The zero-order valence-electron chi connectivity index (χ0n) is 10.5. The van der Waals surface area contributed by atoms with Gasteiger partial charge in [-0.3, -0.25) is 14.3 Å². The van der Waals surface area contributed by atoms with Crippen molar-refractivity contribution in [2.45, 2.75) is 12.2 Å². The molecule has 0 bridgehead atoms. The molecule has 0 radical (unpaired) electrons. The molecule has 2 aromatic rings. The largest absolute Gasteiger partial charge is 0.389 e. The summed E-state index contributed by atoms with van der Waals surface area (Å²) in [5, 5.41) is 22.3. The van der Waals surface area contributed by atoms with E-state index in [0.717, 1.165) is 4.57 Å². The zero-order valence-corrected chi connectivity index (χ0v) is 10.5. The summed E-state index contributed by atoms with van der Waals surface area (Å²) in [6, 6.07) is 0. The number of aromatic nitrogens is 4. The molecule has 0 aliphatic heterocycles. The molecule has 0 amide bonds. The third-order valence-corrected chi connectivity index (χ3v) is 2.83. The van der Waals surface area contributed by atoms with Gasteiger partial charge >= 0.3 is 5.69 Å². The van der Waals surface area contributed by atoms with E-state index < -0.39 is 23.5 Å². The molecule has 104 valence electrons. The van der Waals surface area contributed by atoms with E-state index in [9.17, 15) is 19.8 Å². The summed E-state index contributed by atoms with van der Waals surface area (Å²) in [7, 11) is 3.07. The number of aromatic amines is 2. The van der Waals surface area contributed by atoms with Crippen molar-refractivity contribution in [2.24, 2.45) is 7.05 Å². The molecule has 0 aromatic carbocycles. The Morgan fingerprint density at radius 1 is 1.37 bits per heavy atom. The van der Waals surface area contributed by atoms with Crippen molar-refractivity contribution in [1.82, 2.24) is 24.8 Å². The molecule has 2 unspecified atom stereocenters. The monoisotopic (exact) mass is 269 g/mol. The van der Waals surface area contributed by atoms with Crippen LogP contribution in [0.2, 0.25) is 0 Å². The molecule has 0 aliphatic carbocycles. The minimum absolute atomic E-state index is 0.0319. The Bertz CT molecular complexity index is 700. The third kappa shape index (κ3) is 2.30. The fraction of sp³-hybridized carbons (Fsp3) is 0.500. The molecule has 5 N–H and O–H groups in total. The molecule has 0 spiro atoms. The van der Waals surface area contributed by atoms with Gasteiger partial charge in [0.2, 0.25) is 0 Å². The van der Waals surface area contributed by atoms with Crippen molar-refractivity contribution in [2.75, 3.05) is 13.6 Å². The lowest BCUT2D eigenvalue weighted by Crippen LogP contribution is -2.30. The lowest BCUT2D eigenvalue weighted by atomic mass is 10.2. The molecule has 9 nitrogen and oxygen atoms in total. The fourth-order valence-electron chi connectivity index (χ4n) is 1.77. The predicted octanol–water partition coefficient (Wildman–Crippen LogP) is -2.44. The van der Waals surface area contributed by atoms with Crippen molar-refractivity contribution in [3.8, 4) is 0 Å². The van der Waals surface area contributed by atoms with Gasteiger partial charge in [0.1, 0.15) is 17.4 Å². The number of aryl methyl sites for hydroxylation is 1. The third-order valence-electron chi connectivity index (χ3n) is 2.83. The first-order valence-electron chi connectivity index (χ1n) is 5.65. The van der Waals surface area contributed by atoms with E-state index in [-0.39, 0.29) is 23.5 Å². The highest BCUT2D eigenvalue weighted by Crippen LogP contribution is 2.15. The molecule has 2 atom stereocenters. The van der Waals surface area contributed by atoms with Crippen LogP contribution < -0.4 is 16.6 Å². The normalized spacial score (nSPS) is 14.7. The number of imidazole rings is 1. The first kappa shape index (κ1) is 13.5. The second kappa shape index (κ2) is 4.96. The van der Waals surface area contributed by atoms with Gasteiger partial charge in [-0.15, -0.1) is 0 Å². The minimum atomic E-state index is -1.28. The van der Waals surface area contributed by atoms with E-state index >= 15 is 0 Å². The Morgan fingerprint density at radius 3 is 2.68 bits per heavy atom. The predicted molar refractivity (Wildman–Crippen MR) is 66.8 cm³/mol. The molecule has 9 heteroatoms. The molecule has 0 fully saturated rings. The molecule has 2 aromatic heterocycles. The van der Waals surface area contributed by atoms with E-state index in [1.54, 1.807) is 7.05 Å². The number of aliphatic hydroxyl groups is 2. The van der Waals surface area contributed by atoms with Crippen molar-refractivity contribution >= 4 is 11.2 Å². The molecule has 0 saturated heterocycles. The van der Waals surface area contributed by atoms with Crippen LogP contribution in [0.15, 0.2) is 9.59 Å². The lowest BCUT2D eigenvalue weighted by molar-refractivity contribution is 0.0155. The lowest BCUT2D eigenvalue weighted by Gasteiger charge is -2.14. The van der Waals surface area contributed by atoms with Gasteiger partial charge < -0.3 is 20.5 Å². The summed E-state index contributed by atoms with van der Waals surface area (Å²) in [6.45, 7) is 0.160. The summed E-state index contributed by atoms with van der Waals surface area (Å²) < 4.78 is 1.15. The van der Waals surface area contributed by atoms with E-state index in [0.29, 0.717) is 0 Å². The maximum atomic E-state index is 11.6. The Labute approximate surface area is 106 Å². The number of likely N-dealkylation sites (N-methyl/N-ethyl adjacent to an activating group) is 1. The number of nitrogens with zero attached hydrogens (tertiary/aromatic N) is 2. The molecular weight excluding hydrogens is 254 g/mol. The van der Waals surface area contributed by atoms with Crippen LogP contribution in [0.1, 0.15) is 11.9 Å². The first-order chi connectivity index (χ1) is 8.95. The molecule has 0 aliphatic rings. The Balaban J connectivity index is 2.53. The molecular formula is C10H15N5O4. The smallest absolute Gasteiger partial charge is 0.329 e. The number of rotatable bonds is 4. The topological polar surface area (TPSA) is 136 Å². The first-order valence-corrected chi connectivity index (χ1v) is 5.65. The second-order valence-corrected chi connectivity index (χ2v) is 4.21. The standard InChI is InChI=1S/C10H15N5O4/c1-11-3-4(16)6(17)7-12-5-8(13-7)15(2)10(19)14-9(5)18/h4,6,11,16-17H,3H2,1-2H3,(H,12,13)(H,14,18,19). The van der Waals surface area contributed by atoms with Gasteiger partial charge in [-0.2, -0.15) is 0 Å². The van der Waals surface area contributed by atoms with E-state index in [4.69, 9.17) is 0 Å². The van der Waals surface area contributed by atoms with Crippen molar-refractivity contribution < 1.29 is 10.2 Å². The molecule has 19 heavy (non-hydrogen) atoms. The second-order valence-electron chi connectivity index (χ2n) is 4.21. The van der Waals surface area contributed by atoms with Crippen LogP contribution in [0.3, 0.4) is 0 Å². The van der Waals surface area contributed by atoms with Crippen LogP contribution in [0.5, 0.6) is 0 Å². The average Bonchev–Trinajstić information content (AvgIpc) is 2.81. The van der Waals surface area contributed by atoms with Crippen LogP contribution in [0.25, 0.3) is 11.2 Å². The van der Waals surface area contributed by atoms with Gasteiger partial charge in [0.05, 0.1) is 6.10 Å². The van der Waals surface area contributed by atoms with Gasteiger partial charge in [0.25, 0.3) is 5.56 Å². The molecule has 2 rings (SSSR count). The summed E-state index contributed by atoms with van der Waals surface area (Å²) in [4.78, 5) is 31.7. The van der Waals surface area contributed by atoms with Crippen LogP contribution >= 0.6 is 0 Å². The Morgan fingerprint density at radius 2 is 2.05 bits per heavy atom. The van der Waals surface area contributed by atoms with Gasteiger partial charge in [0.15, 0.2) is 5.65 Å². The molecule has 0 saturated carbocycles. The van der Waals surface area contributed by atoms with Gasteiger partial charge in [-0.05, 0) is 7.05 Å². The van der Waals surface area contributed by atoms with Crippen LogP contribution in [0, 0.1) is 0 Å². The number of H-pyrrole nitrogens is 2. The van der Waals surface area contributed by atoms with Crippen molar-refractivity contribution in [3.05, 3.63) is 26.7 Å². The maximum Gasteiger partial charge on any atom is 0.329 e. The van der Waals surface area contributed by atoms with Crippen LogP contribution in [-0.2, 0) is 7.05 Å². The Hall–Kier alpha value is -1.97. The average molecular weight is 269 g/mol. The maximum absolute atomic E-state index is 11.6. The molecule has 2 heterocycles. The summed E-state index contributed by atoms with van der Waals surface area (Å²) in [5.74, 6) is 0.0319. The van der Waals surface area contributed by atoms with Crippen molar-refractivity contribution in [3.63, 3.8) is 0 Å². The Kier molecular flexibility index (Phi) is 3.51. The van der Waals surface area contributed by atoms with Gasteiger partial charge in [-0.1, -0.05) is 0 Å². The number of nitrogens with one attached hydrogen (secondary N) is 3. The summed E-state index contributed by atoms with van der Waals surface area (Å²) >= 11 is 0. The van der Waals surface area contributed by atoms with Gasteiger partial charge in [-0.25, -0.2) is 9.78 Å². The van der Waals surface area contributed by atoms with Crippen LogP contribution in [-0.4, -0.2) is 49.4 Å². The SMILES string of the molecule is CNCC(O)C(O)c1nc2c([nH]1)c(=O)[nH]c(=O)n2C. The zero-order chi connectivity index (χ0) is 14.2. The quantitative estimate of drug-likeness (QED) is 0.418. The highest BCUT2D eigenvalue weighted by atomic mass is 16.3. The number of hydrogen-bond donors (Lipinski definition) is 5. The van der Waals surface area contributed by atoms with Crippen LogP contribution in [0.4, 0.5) is 0 Å². The van der Waals surface area contributed by atoms with E-state index in [2.05, 4.69) is 20.3 Å². The number of fused-ring (bicyclic) bond motifs is 1. The highest BCUT2D eigenvalue weighted by molar-refractivity contribution is 5.69. The summed E-state index contributed by atoms with van der Waals surface area (Å²) in [6.07, 6.45) is -2.36. The fourth-order valence-corrected chi connectivity index (χ4v) is 1.77. The number of aliphatic hydroxyl groups excluding tert-OH is 2. The highest BCUT2D eigenvalue weighted by Gasteiger charge is 2.22. The van der Waals surface area contributed by atoms with E-state index in [1.807, 2.05) is 0 Å². The number of hydrogen-bond acceptors (Lipinski definition) is 6. The summed E-state index contributed by atoms with van der Waals surface area (Å²) in [5.41, 5.74) is -1.01. The van der Waals surface area contributed by atoms with Gasteiger partial charge in [0, 0.05) is 13.6 Å². The van der Waals surface area contributed by atoms with Crippen molar-refractivity contribution in [1.29, 1.82) is 0 Å². The minimum Gasteiger partial charge on any atom is -0.389 e. The van der Waals surface area contributed by atoms with E-state index in [1.165, 1.54) is 7.05 Å².